The Kier molecular flexibility index (Phi) is 6.11. The molecule has 1 aliphatic carbocycles. The lowest BCUT2D eigenvalue weighted by molar-refractivity contribution is -0.684. The molecule has 26 heavy (non-hydrogen) atoms. The number of anilines is 1. The number of carbonyl (C=O) groups is 2. The van der Waals surface area contributed by atoms with Crippen LogP contribution < -0.4 is 10.6 Å². The summed E-state index contributed by atoms with van der Waals surface area (Å²) in [6.45, 7) is 2.24. The number of fused-ring (bicyclic) bond motifs is 1. The average molecular weight is 377 g/mol. The van der Waals surface area contributed by atoms with Gasteiger partial charge in [-0.2, -0.15) is 0 Å². The Morgan fingerprint density at radius 3 is 2.88 bits per heavy atom. The molecule has 0 bridgehead atoms. The van der Waals surface area contributed by atoms with E-state index in [1.165, 1.54) is 29.7 Å². The van der Waals surface area contributed by atoms with Gasteiger partial charge in [0.05, 0.1) is 18.9 Å². The number of carbonyl (C=O) groups excluding carboxylic acids is 2. The quantitative estimate of drug-likeness (QED) is 0.599. The van der Waals surface area contributed by atoms with Gasteiger partial charge in [0.25, 0.3) is 5.91 Å². The van der Waals surface area contributed by atoms with Gasteiger partial charge in [-0.15, -0.1) is 11.3 Å². The van der Waals surface area contributed by atoms with Crippen molar-refractivity contribution in [2.24, 2.45) is 0 Å². The first kappa shape index (κ1) is 18.7. The zero-order chi connectivity index (χ0) is 18.5. The van der Waals surface area contributed by atoms with Crippen LogP contribution in [0.2, 0.25) is 0 Å². The summed E-state index contributed by atoms with van der Waals surface area (Å²) in [5.41, 5.74) is 1.60. The molecular formula is C19H25N2O4S+. The van der Waals surface area contributed by atoms with Gasteiger partial charge in [-0.05, 0) is 50.3 Å². The van der Waals surface area contributed by atoms with Crippen molar-refractivity contribution in [2.75, 3.05) is 19.0 Å². The number of aryl methyl sites for hydroxylation is 1. The lowest BCUT2D eigenvalue weighted by Gasteiger charge is -2.09. The number of furan rings is 1. The van der Waals surface area contributed by atoms with Crippen LogP contribution in [0.25, 0.3) is 0 Å². The van der Waals surface area contributed by atoms with Gasteiger partial charge in [0, 0.05) is 4.88 Å². The Bertz CT molecular complexity index is 767. The molecule has 0 unspecified atom stereocenters. The molecule has 0 aromatic carbocycles. The van der Waals surface area contributed by atoms with Gasteiger partial charge in [0.15, 0.2) is 12.3 Å². The number of quaternary nitrogens is 1. The van der Waals surface area contributed by atoms with E-state index in [0.29, 0.717) is 10.6 Å². The number of hydrogen-bond acceptors (Lipinski definition) is 5. The molecule has 2 heterocycles. The Balaban J connectivity index is 1.70. The molecule has 7 heteroatoms. The predicted molar refractivity (Wildman–Crippen MR) is 99.5 cm³/mol. The van der Waals surface area contributed by atoms with Crippen LogP contribution in [-0.4, -0.2) is 25.5 Å². The highest BCUT2D eigenvalue weighted by Gasteiger charge is 2.26. The summed E-state index contributed by atoms with van der Waals surface area (Å²) in [7, 11) is 1.38. The molecule has 0 fully saturated rings. The second kappa shape index (κ2) is 8.51. The van der Waals surface area contributed by atoms with Gasteiger partial charge in [-0.3, -0.25) is 4.79 Å². The number of methoxy groups -OCH3 is 1. The molecule has 0 saturated carbocycles. The molecule has 1 atom stereocenters. The third-order valence-corrected chi connectivity index (χ3v) is 5.92. The number of nitrogens with two attached hydrogens (primary N) is 1. The zero-order valence-corrected chi connectivity index (χ0v) is 16.0. The third-order valence-electron chi connectivity index (χ3n) is 4.71. The molecule has 0 saturated heterocycles. The van der Waals surface area contributed by atoms with Crippen molar-refractivity contribution in [3.63, 3.8) is 0 Å². The number of ether oxygens (including phenoxy) is 1. The van der Waals surface area contributed by atoms with Crippen molar-refractivity contribution in [3.8, 4) is 0 Å². The van der Waals surface area contributed by atoms with E-state index < -0.39 is 0 Å². The lowest BCUT2D eigenvalue weighted by Crippen LogP contribution is -2.86. The van der Waals surface area contributed by atoms with Crippen LogP contribution in [0, 0.1) is 0 Å². The summed E-state index contributed by atoms with van der Waals surface area (Å²) in [5, 5.41) is 5.45. The summed E-state index contributed by atoms with van der Waals surface area (Å²) in [6.07, 6.45) is 6.81. The SMILES string of the molecule is COC(=O)c1c(NC(=O)C[NH2+][C@H](C)c2ccco2)sc2c1CCCCC2. The van der Waals surface area contributed by atoms with Crippen molar-refractivity contribution in [2.45, 2.75) is 45.1 Å². The maximum Gasteiger partial charge on any atom is 0.341 e. The zero-order valence-electron chi connectivity index (χ0n) is 15.2. The molecule has 3 N–H and O–H groups in total. The van der Waals surface area contributed by atoms with Crippen LogP contribution >= 0.6 is 11.3 Å². The van der Waals surface area contributed by atoms with Gasteiger partial charge < -0.3 is 19.8 Å². The maximum absolute atomic E-state index is 12.4. The van der Waals surface area contributed by atoms with Crippen LogP contribution in [0.4, 0.5) is 5.00 Å². The van der Waals surface area contributed by atoms with Crippen LogP contribution in [0.1, 0.15) is 58.8 Å². The predicted octanol–water partition coefficient (Wildman–Crippen LogP) is 2.66. The lowest BCUT2D eigenvalue weighted by atomic mass is 10.1. The summed E-state index contributed by atoms with van der Waals surface area (Å²) < 4.78 is 10.3. The minimum atomic E-state index is -0.368. The highest BCUT2D eigenvalue weighted by molar-refractivity contribution is 7.17. The maximum atomic E-state index is 12.4. The third kappa shape index (κ3) is 4.16. The number of rotatable bonds is 6. The van der Waals surface area contributed by atoms with Gasteiger partial charge in [-0.25, -0.2) is 4.79 Å². The van der Waals surface area contributed by atoms with E-state index in [-0.39, 0.29) is 24.5 Å². The van der Waals surface area contributed by atoms with Gasteiger partial charge >= 0.3 is 5.97 Å². The van der Waals surface area contributed by atoms with E-state index in [4.69, 9.17) is 9.15 Å². The van der Waals surface area contributed by atoms with Gasteiger partial charge in [-0.1, -0.05) is 6.42 Å². The van der Waals surface area contributed by atoms with Crippen molar-refractivity contribution >= 4 is 28.2 Å². The second-order valence-electron chi connectivity index (χ2n) is 6.55. The summed E-state index contributed by atoms with van der Waals surface area (Å²) in [4.78, 5) is 25.9. The van der Waals surface area contributed by atoms with E-state index in [1.54, 1.807) is 6.26 Å². The first-order chi connectivity index (χ1) is 12.6. The van der Waals surface area contributed by atoms with E-state index >= 15 is 0 Å². The molecule has 6 nitrogen and oxygen atoms in total. The van der Waals surface area contributed by atoms with Gasteiger partial charge in [0.1, 0.15) is 11.0 Å². The molecule has 0 spiro atoms. The Hall–Kier alpha value is -2.12. The van der Waals surface area contributed by atoms with E-state index in [1.807, 2.05) is 24.4 Å². The summed E-state index contributed by atoms with van der Waals surface area (Å²) in [5.74, 6) is 0.327. The fraction of sp³-hybridized carbons (Fsp3) is 0.474. The fourth-order valence-corrected chi connectivity index (χ4v) is 4.57. The number of hydrogen-bond donors (Lipinski definition) is 2. The van der Waals surface area contributed by atoms with Crippen LogP contribution in [0.15, 0.2) is 22.8 Å². The Labute approximate surface area is 156 Å². The van der Waals surface area contributed by atoms with E-state index in [9.17, 15) is 9.59 Å². The van der Waals surface area contributed by atoms with Crippen molar-refractivity contribution in [1.29, 1.82) is 0 Å². The Morgan fingerprint density at radius 2 is 2.15 bits per heavy atom. The molecular weight excluding hydrogens is 352 g/mol. The average Bonchev–Trinajstić information content (AvgIpc) is 3.22. The Morgan fingerprint density at radius 1 is 1.35 bits per heavy atom. The largest absolute Gasteiger partial charge is 0.465 e. The fourth-order valence-electron chi connectivity index (χ4n) is 3.28. The van der Waals surface area contributed by atoms with E-state index in [2.05, 4.69) is 5.32 Å². The van der Waals surface area contributed by atoms with Crippen molar-refractivity contribution in [1.82, 2.24) is 0 Å². The molecule has 2 aromatic rings. The topological polar surface area (TPSA) is 85.1 Å². The molecule has 1 amide bonds. The minimum absolute atomic E-state index is 0.0517. The van der Waals surface area contributed by atoms with Crippen LogP contribution in [-0.2, 0) is 22.4 Å². The van der Waals surface area contributed by atoms with Crippen molar-refractivity contribution in [3.05, 3.63) is 40.2 Å². The smallest absolute Gasteiger partial charge is 0.341 e. The first-order valence-electron chi connectivity index (χ1n) is 8.99. The number of nitrogens with one attached hydrogen (secondary N) is 1. The van der Waals surface area contributed by atoms with Crippen molar-refractivity contribution < 1.29 is 24.1 Å². The van der Waals surface area contributed by atoms with Crippen LogP contribution in [0.5, 0.6) is 0 Å². The molecule has 140 valence electrons. The molecule has 1 aliphatic rings. The van der Waals surface area contributed by atoms with Crippen LogP contribution in [0.3, 0.4) is 0 Å². The summed E-state index contributed by atoms with van der Waals surface area (Å²) >= 11 is 1.51. The highest BCUT2D eigenvalue weighted by Crippen LogP contribution is 2.37. The first-order valence-corrected chi connectivity index (χ1v) is 9.81. The number of amides is 1. The molecule has 0 aliphatic heterocycles. The molecule has 3 rings (SSSR count). The highest BCUT2D eigenvalue weighted by atomic mass is 32.1. The number of esters is 1. The van der Waals surface area contributed by atoms with Gasteiger partial charge in [0.2, 0.25) is 0 Å². The normalized spacial score (nSPS) is 15.0. The summed E-state index contributed by atoms with van der Waals surface area (Å²) in [6, 6.07) is 3.78. The standard InChI is InChI=1S/C19H24N2O4S/c1-12(14-8-6-10-25-14)20-11-16(22)21-18-17(19(23)24-2)13-7-4-3-5-9-15(13)26-18/h6,8,10,12,20H,3-5,7,9,11H2,1-2H3,(H,21,22)/p+1/t12-/m1/s1. The monoisotopic (exact) mass is 377 g/mol. The molecule has 0 radical (unpaired) electrons. The number of thiophene rings is 1. The minimum Gasteiger partial charge on any atom is -0.465 e. The van der Waals surface area contributed by atoms with E-state index in [0.717, 1.165) is 37.0 Å². The molecule has 2 aromatic heterocycles. The second-order valence-corrected chi connectivity index (χ2v) is 7.66.